The Bertz CT molecular complexity index is 700. The number of nitrogens with zero attached hydrogens (tertiary/aromatic N) is 3. The van der Waals surface area contributed by atoms with Crippen molar-refractivity contribution in [2.75, 3.05) is 63.7 Å². The molecule has 3 rings (SSSR count). The molecule has 0 atom stereocenters. The van der Waals surface area contributed by atoms with Crippen molar-refractivity contribution < 1.29 is 4.74 Å². The molecule has 4 nitrogen and oxygen atoms in total. The molecular weight excluding hydrogens is 418 g/mol. The average Bonchev–Trinajstić information content (AvgIpc) is 2.76. The van der Waals surface area contributed by atoms with E-state index in [1.54, 1.807) is 5.56 Å². The van der Waals surface area contributed by atoms with Crippen LogP contribution in [0.3, 0.4) is 0 Å². The molecule has 0 amide bonds. The molecule has 0 bridgehead atoms. The van der Waals surface area contributed by atoms with Crippen LogP contribution in [0, 0.1) is 11.3 Å². The maximum absolute atomic E-state index is 5.84. The van der Waals surface area contributed by atoms with Crippen molar-refractivity contribution >= 4 is 23.8 Å². The lowest BCUT2D eigenvalue weighted by molar-refractivity contribution is 0.169. The van der Waals surface area contributed by atoms with Gasteiger partial charge in [-0.05, 0) is 67.5 Å². The van der Waals surface area contributed by atoms with Gasteiger partial charge in [-0.25, -0.2) is 0 Å². The standard InChI is InChI=1S/C27H47N3O.ClH/c1-8-9-14-29-15-17-30(18-16-29)24-20-26(31-7)25(28(5)6)19-23(24)21-10-12-22(13-11-21)27(2,3)4;/h19-22H,8-18H2,1-7H3;1H. The average molecular weight is 466 g/mol. The number of rotatable bonds is 7. The number of methoxy groups -OCH3 is 1. The second-order valence-electron chi connectivity index (χ2n) is 11.1. The highest BCUT2D eigenvalue weighted by atomic mass is 35.5. The van der Waals surface area contributed by atoms with Gasteiger partial charge in [0.25, 0.3) is 0 Å². The zero-order valence-electron chi connectivity index (χ0n) is 21.7. The van der Waals surface area contributed by atoms with Crippen LogP contribution in [0.2, 0.25) is 0 Å². The monoisotopic (exact) mass is 465 g/mol. The summed E-state index contributed by atoms with van der Waals surface area (Å²) >= 11 is 0. The van der Waals surface area contributed by atoms with Gasteiger partial charge in [-0.3, -0.25) is 4.90 Å². The molecule has 0 N–H and O–H groups in total. The molecule has 1 aromatic rings. The van der Waals surface area contributed by atoms with Crippen LogP contribution in [-0.2, 0) is 0 Å². The molecule has 0 unspecified atom stereocenters. The number of piperazine rings is 1. The van der Waals surface area contributed by atoms with Crippen LogP contribution in [-0.4, -0.2) is 58.8 Å². The van der Waals surface area contributed by atoms with E-state index in [4.69, 9.17) is 4.74 Å². The zero-order chi connectivity index (χ0) is 22.6. The Balaban J connectivity index is 0.00000363. The van der Waals surface area contributed by atoms with Crippen molar-refractivity contribution in [3.63, 3.8) is 0 Å². The first kappa shape index (κ1) is 27.1. The van der Waals surface area contributed by atoms with Gasteiger partial charge in [0.15, 0.2) is 0 Å². The van der Waals surface area contributed by atoms with Crippen LogP contribution >= 0.6 is 12.4 Å². The third-order valence-electron chi connectivity index (χ3n) is 7.74. The Morgan fingerprint density at radius 1 is 1.00 bits per heavy atom. The molecule has 1 aliphatic carbocycles. The molecule has 1 aromatic carbocycles. The summed E-state index contributed by atoms with van der Waals surface area (Å²) in [6.07, 6.45) is 7.91. The zero-order valence-corrected chi connectivity index (χ0v) is 22.6. The van der Waals surface area contributed by atoms with Crippen molar-refractivity contribution in [3.05, 3.63) is 17.7 Å². The van der Waals surface area contributed by atoms with Gasteiger partial charge in [0.1, 0.15) is 5.75 Å². The fourth-order valence-electron chi connectivity index (χ4n) is 5.55. The van der Waals surface area contributed by atoms with Crippen LogP contribution in [0.15, 0.2) is 12.1 Å². The topological polar surface area (TPSA) is 19.0 Å². The molecule has 0 aromatic heterocycles. The molecule has 2 aliphatic rings. The van der Waals surface area contributed by atoms with Crippen molar-refractivity contribution in [2.24, 2.45) is 11.3 Å². The lowest BCUT2D eigenvalue weighted by Gasteiger charge is -2.41. The van der Waals surface area contributed by atoms with Crippen LogP contribution in [0.25, 0.3) is 0 Å². The number of ether oxygens (including phenoxy) is 1. The smallest absolute Gasteiger partial charge is 0.144 e. The first-order valence-electron chi connectivity index (χ1n) is 12.6. The fraction of sp³-hybridized carbons (Fsp3) is 0.778. The van der Waals surface area contributed by atoms with Crippen molar-refractivity contribution in [2.45, 2.75) is 72.1 Å². The van der Waals surface area contributed by atoms with E-state index in [0.717, 1.165) is 24.8 Å². The molecule has 1 heterocycles. The van der Waals surface area contributed by atoms with E-state index in [1.165, 1.54) is 69.5 Å². The molecule has 184 valence electrons. The van der Waals surface area contributed by atoms with Crippen LogP contribution in [0.4, 0.5) is 11.4 Å². The lowest BCUT2D eigenvalue weighted by atomic mass is 9.68. The Kier molecular flexibility index (Phi) is 10.0. The van der Waals surface area contributed by atoms with Gasteiger partial charge in [0.05, 0.1) is 12.8 Å². The first-order valence-corrected chi connectivity index (χ1v) is 12.6. The molecule has 5 heteroatoms. The van der Waals surface area contributed by atoms with Gasteiger partial charge >= 0.3 is 0 Å². The van der Waals surface area contributed by atoms with Crippen molar-refractivity contribution in [1.29, 1.82) is 0 Å². The summed E-state index contributed by atoms with van der Waals surface area (Å²) < 4.78 is 5.84. The van der Waals surface area contributed by atoms with Gasteiger partial charge in [0, 0.05) is 52.0 Å². The third-order valence-corrected chi connectivity index (χ3v) is 7.74. The summed E-state index contributed by atoms with van der Waals surface area (Å²) in [6, 6.07) is 4.78. The second-order valence-corrected chi connectivity index (χ2v) is 11.1. The number of anilines is 2. The van der Waals surface area contributed by atoms with E-state index in [0.29, 0.717) is 11.3 Å². The van der Waals surface area contributed by atoms with Gasteiger partial charge < -0.3 is 14.5 Å². The van der Waals surface area contributed by atoms with E-state index in [1.807, 2.05) is 7.11 Å². The maximum Gasteiger partial charge on any atom is 0.144 e. The molecule has 1 saturated heterocycles. The molecule has 0 spiro atoms. The molecule has 2 fully saturated rings. The normalized spacial score (nSPS) is 22.4. The minimum Gasteiger partial charge on any atom is -0.495 e. The first-order chi connectivity index (χ1) is 14.7. The highest BCUT2D eigenvalue weighted by molar-refractivity contribution is 5.85. The number of benzene rings is 1. The molecule has 1 aliphatic heterocycles. The number of hydrogen-bond acceptors (Lipinski definition) is 4. The SMILES string of the molecule is CCCCN1CCN(c2cc(OC)c(N(C)C)cc2C2CCC(C(C)(C)C)CC2)CC1.Cl. The fourth-order valence-corrected chi connectivity index (χ4v) is 5.55. The van der Waals surface area contributed by atoms with Gasteiger partial charge in [-0.2, -0.15) is 0 Å². The summed E-state index contributed by atoms with van der Waals surface area (Å²) in [5.41, 5.74) is 4.62. The Labute approximate surface area is 204 Å². The van der Waals surface area contributed by atoms with Gasteiger partial charge in [0.2, 0.25) is 0 Å². The number of hydrogen-bond donors (Lipinski definition) is 0. The molecular formula is C27H48ClN3O. The van der Waals surface area contributed by atoms with E-state index >= 15 is 0 Å². The Hall–Kier alpha value is -1.13. The quantitative estimate of drug-likeness (QED) is 0.462. The molecule has 32 heavy (non-hydrogen) atoms. The summed E-state index contributed by atoms with van der Waals surface area (Å²) in [5, 5.41) is 0. The van der Waals surface area contributed by atoms with Gasteiger partial charge in [-0.15, -0.1) is 12.4 Å². The second kappa shape index (κ2) is 11.8. The Morgan fingerprint density at radius 3 is 2.12 bits per heavy atom. The van der Waals surface area contributed by atoms with Gasteiger partial charge in [-0.1, -0.05) is 34.1 Å². The van der Waals surface area contributed by atoms with Crippen LogP contribution in [0.5, 0.6) is 5.75 Å². The predicted molar refractivity (Wildman–Crippen MR) is 142 cm³/mol. The van der Waals surface area contributed by atoms with Crippen LogP contribution in [0.1, 0.15) is 77.7 Å². The van der Waals surface area contributed by atoms with Crippen LogP contribution < -0.4 is 14.5 Å². The predicted octanol–water partition coefficient (Wildman–Crippen LogP) is 6.43. The van der Waals surface area contributed by atoms with E-state index < -0.39 is 0 Å². The molecule has 1 saturated carbocycles. The summed E-state index contributed by atoms with van der Waals surface area (Å²) in [6.45, 7) is 15.4. The number of unbranched alkanes of at least 4 members (excludes halogenated alkanes) is 1. The van der Waals surface area contributed by atoms with Crippen molar-refractivity contribution in [3.8, 4) is 5.75 Å². The summed E-state index contributed by atoms with van der Waals surface area (Å²) in [5.74, 6) is 2.51. The Morgan fingerprint density at radius 2 is 1.62 bits per heavy atom. The summed E-state index contributed by atoms with van der Waals surface area (Å²) in [7, 11) is 6.07. The maximum atomic E-state index is 5.84. The van der Waals surface area contributed by atoms with Crippen molar-refractivity contribution in [1.82, 2.24) is 4.90 Å². The third kappa shape index (κ3) is 6.47. The summed E-state index contributed by atoms with van der Waals surface area (Å²) in [4.78, 5) is 7.48. The minimum absolute atomic E-state index is 0. The van der Waals surface area contributed by atoms with E-state index in [-0.39, 0.29) is 12.4 Å². The minimum atomic E-state index is 0. The van der Waals surface area contributed by atoms with E-state index in [2.05, 4.69) is 68.6 Å². The van der Waals surface area contributed by atoms with E-state index in [9.17, 15) is 0 Å². The lowest BCUT2D eigenvalue weighted by Crippen LogP contribution is -2.47. The molecule has 0 radical (unpaired) electrons. The highest BCUT2D eigenvalue weighted by Crippen LogP contribution is 2.47. The largest absolute Gasteiger partial charge is 0.495 e. The number of halogens is 1. The highest BCUT2D eigenvalue weighted by Gasteiger charge is 2.32.